The van der Waals surface area contributed by atoms with Gasteiger partial charge in [0.05, 0.1) is 18.2 Å². The molecule has 1 saturated heterocycles. The van der Waals surface area contributed by atoms with Gasteiger partial charge in [-0.05, 0) is 54.8 Å². The molecule has 0 amide bonds. The SMILES string of the molecule is COc1ccc(C(O)N2CCN(c3nc4cc(C)cc(C)c4cc3C#N)CC2)cc1. The van der Waals surface area contributed by atoms with Crippen LogP contribution in [0.4, 0.5) is 5.82 Å². The van der Waals surface area contributed by atoms with Crippen molar-refractivity contribution >= 4 is 16.7 Å². The summed E-state index contributed by atoms with van der Waals surface area (Å²) in [6.45, 7) is 6.88. The van der Waals surface area contributed by atoms with E-state index in [-0.39, 0.29) is 0 Å². The number of piperazine rings is 1. The fraction of sp³-hybridized carbons (Fsp3) is 0.333. The lowest BCUT2D eigenvalue weighted by Crippen LogP contribution is -2.48. The van der Waals surface area contributed by atoms with Crippen molar-refractivity contribution in [2.24, 2.45) is 0 Å². The summed E-state index contributed by atoms with van der Waals surface area (Å²) in [7, 11) is 1.63. The van der Waals surface area contributed by atoms with E-state index in [9.17, 15) is 10.4 Å². The van der Waals surface area contributed by atoms with Crippen molar-refractivity contribution in [1.29, 1.82) is 5.26 Å². The number of fused-ring (bicyclic) bond motifs is 1. The first-order valence-electron chi connectivity index (χ1n) is 10.1. The van der Waals surface area contributed by atoms with Crippen molar-refractivity contribution < 1.29 is 9.84 Å². The molecule has 0 radical (unpaired) electrons. The number of aromatic nitrogens is 1. The maximum absolute atomic E-state index is 10.8. The summed E-state index contributed by atoms with van der Waals surface area (Å²) in [6, 6.07) is 15.9. The number of rotatable bonds is 4. The van der Waals surface area contributed by atoms with Gasteiger partial charge in [-0.15, -0.1) is 0 Å². The molecule has 1 fully saturated rings. The van der Waals surface area contributed by atoms with E-state index in [0.29, 0.717) is 31.7 Å². The van der Waals surface area contributed by atoms with Gasteiger partial charge in [0.1, 0.15) is 23.9 Å². The Hall–Kier alpha value is -3.14. The maximum Gasteiger partial charge on any atom is 0.147 e. The first-order chi connectivity index (χ1) is 14.5. The Labute approximate surface area is 176 Å². The van der Waals surface area contributed by atoms with Crippen molar-refractivity contribution in [3.05, 3.63) is 64.7 Å². The number of methoxy groups -OCH3 is 1. The first-order valence-corrected chi connectivity index (χ1v) is 10.1. The monoisotopic (exact) mass is 402 g/mol. The molecule has 1 N–H and O–H groups in total. The molecule has 0 spiro atoms. The van der Waals surface area contributed by atoms with E-state index in [1.54, 1.807) is 7.11 Å². The van der Waals surface area contributed by atoms with Gasteiger partial charge < -0.3 is 14.7 Å². The molecular formula is C24H26N4O2. The second kappa shape index (κ2) is 8.31. The summed E-state index contributed by atoms with van der Waals surface area (Å²) in [5, 5.41) is 21.5. The summed E-state index contributed by atoms with van der Waals surface area (Å²) in [6.07, 6.45) is -0.664. The molecule has 6 heteroatoms. The van der Waals surface area contributed by atoms with Crippen molar-refractivity contribution in [2.75, 3.05) is 38.2 Å². The molecule has 0 aliphatic carbocycles. The molecular weight excluding hydrogens is 376 g/mol. The van der Waals surface area contributed by atoms with Crippen LogP contribution in [0.25, 0.3) is 10.9 Å². The van der Waals surface area contributed by atoms with Gasteiger partial charge in [0, 0.05) is 31.6 Å². The van der Waals surface area contributed by atoms with Crippen LogP contribution in [-0.4, -0.2) is 48.3 Å². The Bertz CT molecular complexity index is 1100. The largest absolute Gasteiger partial charge is 0.497 e. The van der Waals surface area contributed by atoms with Crippen molar-refractivity contribution in [3.63, 3.8) is 0 Å². The van der Waals surface area contributed by atoms with Crippen LogP contribution in [0, 0.1) is 25.2 Å². The average molecular weight is 402 g/mol. The first kappa shape index (κ1) is 20.1. The molecule has 0 bridgehead atoms. The van der Waals surface area contributed by atoms with Crippen LogP contribution in [-0.2, 0) is 0 Å². The molecule has 2 aromatic carbocycles. The Morgan fingerprint density at radius 2 is 1.77 bits per heavy atom. The lowest BCUT2D eigenvalue weighted by Gasteiger charge is -2.38. The minimum absolute atomic E-state index is 0.596. The standard InChI is InChI=1S/C24H26N4O2/c1-16-12-17(2)21-14-19(15-25)23(26-22(21)13-16)27-8-10-28(11-9-27)24(29)18-4-6-20(30-3)7-5-18/h4-7,12-14,24,29H,8-11H2,1-3H3. The average Bonchev–Trinajstić information content (AvgIpc) is 2.78. The lowest BCUT2D eigenvalue weighted by atomic mass is 10.0. The van der Waals surface area contributed by atoms with Crippen LogP contribution in [0.5, 0.6) is 5.75 Å². The molecule has 3 aromatic rings. The van der Waals surface area contributed by atoms with Gasteiger partial charge in [0.2, 0.25) is 0 Å². The maximum atomic E-state index is 10.8. The molecule has 1 unspecified atom stereocenters. The molecule has 1 atom stereocenters. The summed E-state index contributed by atoms with van der Waals surface area (Å²) in [5.74, 6) is 1.50. The Kier molecular flexibility index (Phi) is 5.58. The minimum Gasteiger partial charge on any atom is -0.497 e. The van der Waals surface area contributed by atoms with Gasteiger partial charge in [0.15, 0.2) is 0 Å². The predicted octanol–water partition coefficient (Wildman–Crippen LogP) is 3.55. The quantitative estimate of drug-likeness (QED) is 0.720. The van der Waals surface area contributed by atoms with E-state index in [1.807, 2.05) is 35.2 Å². The number of nitriles is 1. The number of hydrogen-bond donors (Lipinski definition) is 1. The second-order valence-corrected chi connectivity index (χ2v) is 7.79. The Morgan fingerprint density at radius 1 is 1.07 bits per heavy atom. The van der Waals surface area contributed by atoms with E-state index in [1.165, 1.54) is 0 Å². The summed E-state index contributed by atoms with van der Waals surface area (Å²) < 4.78 is 5.19. The molecule has 0 saturated carbocycles. The summed E-state index contributed by atoms with van der Waals surface area (Å²) >= 11 is 0. The molecule has 2 heterocycles. The van der Waals surface area contributed by atoms with E-state index < -0.39 is 6.23 Å². The van der Waals surface area contributed by atoms with Gasteiger partial charge in [-0.2, -0.15) is 5.26 Å². The molecule has 6 nitrogen and oxygen atoms in total. The zero-order valence-corrected chi connectivity index (χ0v) is 17.6. The number of anilines is 1. The van der Waals surface area contributed by atoms with Crippen LogP contribution in [0.15, 0.2) is 42.5 Å². The zero-order chi connectivity index (χ0) is 21.3. The summed E-state index contributed by atoms with van der Waals surface area (Å²) in [5.41, 5.74) is 4.65. The Balaban J connectivity index is 1.53. The van der Waals surface area contributed by atoms with Gasteiger partial charge in [-0.3, -0.25) is 4.90 Å². The number of hydrogen-bond acceptors (Lipinski definition) is 6. The third kappa shape index (κ3) is 3.82. The molecule has 1 aromatic heterocycles. The normalized spacial score (nSPS) is 15.8. The van der Waals surface area contributed by atoms with Crippen LogP contribution in [0.2, 0.25) is 0 Å². The summed E-state index contributed by atoms with van der Waals surface area (Å²) in [4.78, 5) is 9.03. The third-order valence-electron chi connectivity index (χ3n) is 5.76. The van der Waals surface area contributed by atoms with Gasteiger partial charge >= 0.3 is 0 Å². The van der Waals surface area contributed by atoms with Gasteiger partial charge in [-0.25, -0.2) is 4.98 Å². The highest BCUT2D eigenvalue weighted by molar-refractivity contribution is 5.86. The fourth-order valence-corrected chi connectivity index (χ4v) is 4.11. The number of aliphatic hydroxyl groups is 1. The molecule has 4 rings (SSSR count). The number of pyridine rings is 1. The molecule has 1 aliphatic rings. The van der Waals surface area contributed by atoms with E-state index in [0.717, 1.165) is 39.2 Å². The van der Waals surface area contributed by atoms with E-state index in [2.05, 4.69) is 36.9 Å². The van der Waals surface area contributed by atoms with Crippen molar-refractivity contribution in [3.8, 4) is 11.8 Å². The second-order valence-electron chi connectivity index (χ2n) is 7.79. The molecule has 154 valence electrons. The lowest BCUT2D eigenvalue weighted by molar-refractivity contribution is -0.00171. The zero-order valence-electron chi connectivity index (χ0n) is 17.6. The highest BCUT2D eigenvalue weighted by Gasteiger charge is 2.25. The van der Waals surface area contributed by atoms with E-state index >= 15 is 0 Å². The number of benzene rings is 2. The highest BCUT2D eigenvalue weighted by Crippen LogP contribution is 2.28. The number of nitrogens with zero attached hydrogens (tertiary/aromatic N) is 4. The van der Waals surface area contributed by atoms with Crippen molar-refractivity contribution in [1.82, 2.24) is 9.88 Å². The van der Waals surface area contributed by atoms with Crippen molar-refractivity contribution in [2.45, 2.75) is 20.1 Å². The Morgan fingerprint density at radius 3 is 2.40 bits per heavy atom. The minimum atomic E-state index is -0.664. The van der Waals surface area contributed by atoms with Crippen LogP contribution < -0.4 is 9.64 Å². The highest BCUT2D eigenvalue weighted by atomic mass is 16.5. The number of ether oxygens (including phenoxy) is 1. The van der Waals surface area contributed by atoms with Gasteiger partial charge in [-0.1, -0.05) is 18.2 Å². The number of aliphatic hydroxyl groups excluding tert-OH is 1. The number of aryl methyl sites for hydroxylation is 2. The predicted molar refractivity (Wildman–Crippen MR) is 118 cm³/mol. The van der Waals surface area contributed by atoms with Crippen LogP contribution in [0.1, 0.15) is 28.5 Å². The van der Waals surface area contributed by atoms with Gasteiger partial charge in [0.25, 0.3) is 0 Å². The van der Waals surface area contributed by atoms with E-state index in [4.69, 9.17) is 9.72 Å². The van der Waals surface area contributed by atoms with Crippen LogP contribution >= 0.6 is 0 Å². The topological polar surface area (TPSA) is 72.6 Å². The smallest absolute Gasteiger partial charge is 0.147 e. The third-order valence-corrected chi connectivity index (χ3v) is 5.76. The molecule has 30 heavy (non-hydrogen) atoms. The van der Waals surface area contributed by atoms with Crippen LogP contribution in [0.3, 0.4) is 0 Å². The molecule has 1 aliphatic heterocycles. The fourth-order valence-electron chi connectivity index (χ4n) is 4.11.